The lowest BCUT2D eigenvalue weighted by Gasteiger charge is -2.06. The van der Waals surface area contributed by atoms with E-state index in [0.29, 0.717) is 17.0 Å². The van der Waals surface area contributed by atoms with Crippen LogP contribution in [0.5, 0.6) is 0 Å². The molecule has 1 heterocycles. The monoisotopic (exact) mass is 230 g/mol. The topological polar surface area (TPSA) is 59.2 Å². The minimum absolute atomic E-state index is 0.231. The predicted molar refractivity (Wildman–Crippen MR) is 60.8 cm³/mol. The summed E-state index contributed by atoms with van der Waals surface area (Å²) in [6, 6.07) is 0. The van der Waals surface area contributed by atoms with E-state index in [2.05, 4.69) is 17.1 Å². The van der Waals surface area contributed by atoms with Crippen molar-refractivity contribution in [1.82, 2.24) is 10.2 Å². The van der Waals surface area contributed by atoms with Crippen LogP contribution in [0.25, 0.3) is 0 Å². The largest absolute Gasteiger partial charge is 0.424 e. The Morgan fingerprint density at radius 1 is 1.33 bits per heavy atom. The Morgan fingerprint density at radius 3 is 2.60 bits per heavy atom. The number of nitrogens with zero attached hydrogens (tertiary/aromatic N) is 2. The van der Waals surface area contributed by atoms with E-state index in [0.717, 1.165) is 12.2 Å². The van der Waals surface area contributed by atoms with Crippen molar-refractivity contribution in [3.05, 3.63) is 11.8 Å². The number of aliphatic hydroxyl groups excluding tert-OH is 1. The van der Waals surface area contributed by atoms with Gasteiger partial charge >= 0.3 is 0 Å². The smallest absolute Gasteiger partial charge is 0.226 e. The third-order valence-corrected chi connectivity index (χ3v) is 3.22. The molecule has 0 aliphatic rings. The molecule has 1 atom stereocenters. The van der Waals surface area contributed by atoms with Crippen LogP contribution < -0.4 is 0 Å². The third-order valence-electron chi connectivity index (χ3n) is 2.00. The second kappa shape index (κ2) is 6.12. The summed E-state index contributed by atoms with van der Waals surface area (Å²) in [5.74, 6) is 2.38. The van der Waals surface area contributed by atoms with E-state index in [1.165, 1.54) is 0 Å². The van der Waals surface area contributed by atoms with Gasteiger partial charge in [0.2, 0.25) is 11.8 Å². The number of hydrogen-bond acceptors (Lipinski definition) is 5. The van der Waals surface area contributed by atoms with Crippen molar-refractivity contribution in [3.8, 4) is 0 Å². The molecular formula is C10H18N2O2S. The summed E-state index contributed by atoms with van der Waals surface area (Å²) < 4.78 is 5.47. The van der Waals surface area contributed by atoms with Crippen molar-refractivity contribution in [2.75, 3.05) is 6.61 Å². The minimum atomic E-state index is 0.231. The van der Waals surface area contributed by atoms with Crippen molar-refractivity contribution in [1.29, 1.82) is 0 Å². The van der Waals surface area contributed by atoms with Crippen LogP contribution in [0.2, 0.25) is 0 Å². The Balaban J connectivity index is 2.37. The number of hydrogen-bond donors (Lipinski definition) is 1. The predicted octanol–water partition coefficient (Wildman–Crippen LogP) is 2.20. The van der Waals surface area contributed by atoms with Crippen LogP contribution in [-0.2, 0) is 5.75 Å². The Hall–Kier alpha value is -0.550. The Bertz CT molecular complexity index is 289. The molecule has 4 nitrogen and oxygen atoms in total. The molecule has 5 heteroatoms. The van der Waals surface area contributed by atoms with Crippen molar-refractivity contribution >= 4 is 11.8 Å². The lowest BCUT2D eigenvalue weighted by Crippen LogP contribution is -1.99. The van der Waals surface area contributed by atoms with E-state index < -0.39 is 0 Å². The average molecular weight is 230 g/mol. The normalized spacial score (nSPS) is 13.4. The van der Waals surface area contributed by atoms with Crippen LogP contribution in [0.1, 0.15) is 44.9 Å². The van der Waals surface area contributed by atoms with Crippen LogP contribution in [0, 0.1) is 0 Å². The molecule has 0 bridgehead atoms. The van der Waals surface area contributed by atoms with E-state index in [1.807, 2.05) is 13.8 Å². The first-order valence-electron chi connectivity index (χ1n) is 5.18. The molecule has 0 saturated heterocycles. The molecule has 0 radical (unpaired) electrons. The Labute approximate surface area is 94.5 Å². The summed E-state index contributed by atoms with van der Waals surface area (Å²) in [6.07, 6.45) is 0.801. The second-order valence-electron chi connectivity index (χ2n) is 3.82. The van der Waals surface area contributed by atoms with E-state index in [1.54, 1.807) is 11.8 Å². The van der Waals surface area contributed by atoms with E-state index in [9.17, 15) is 0 Å². The maximum Gasteiger partial charge on any atom is 0.226 e. The summed E-state index contributed by atoms with van der Waals surface area (Å²) >= 11 is 1.72. The van der Waals surface area contributed by atoms with Gasteiger partial charge in [-0.05, 0) is 6.42 Å². The van der Waals surface area contributed by atoms with Crippen molar-refractivity contribution in [2.24, 2.45) is 0 Å². The second-order valence-corrected chi connectivity index (χ2v) is 5.25. The third kappa shape index (κ3) is 4.22. The lowest BCUT2D eigenvalue weighted by molar-refractivity contribution is 0.289. The standard InChI is InChI=1S/C10H18N2O2S/c1-7(2)10-12-11-9(14-10)6-15-8(3)4-5-13/h7-8,13H,4-6H2,1-3H3. The van der Waals surface area contributed by atoms with Crippen LogP contribution in [-0.4, -0.2) is 27.2 Å². The maximum absolute atomic E-state index is 8.75. The first-order chi connectivity index (χ1) is 7.13. The van der Waals surface area contributed by atoms with Crippen molar-refractivity contribution in [2.45, 2.75) is 44.1 Å². The van der Waals surface area contributed by atoms with Gasteiger partial charge in [0.05, 0.1) is 5.75 Å². The summed E-state index contributed by atoms with van der Waals surface area (Å²) in [5, 5.41) is 17.1. The molecule has 1 aromatic rings. The van der Waals surface area contributed by atoms with E-state index in [4.69, 9.17) is 9.52 Å². The minimum Gasteiger partial charge on any atom is -0.424 e. The van der Waals surface area contributed by atoms with E-state index in [-0.39, 0.29) is 12.5 Å². The van der Waals surface area contributed by atoms with Crippen LogP contribution in [0.3, 0.4) is 0 Å². The molecular weight excluding hydrogens is 212 g/mol. The highest BCUT2D eigenvalue weighted by Crippen LogP contribution is 2.20. The molecule has 15 heavy (non-hydrogen) atoms. The molecule has 0 aliphatic heterocycles. The van der Waals surface area contributed by atoms with Gasteiger partial charge in [0.25, 0.3) is 0 Å². The fourth-order valence-electron chi connectivity index (χ4n) is 1.04. The zero-order valence-electron chi connectivity index (χ0n) is 9.43. The number of rotatable bonds is 6. The number of thioether (sulfide) groups is 1. The van der Waals surface area contributed by atoms with E-state index >= 15 is 0 Å². The number of aliphatic hydroxyl groups is 1. The summed E-state index contributed by atoms with van der Waals surface area (Å²) in [6.45, 7) is 6.37. The molecule has 1 N–H and O–H groups in total. The summed E-state index contributed by atoms with van der Waals surface area (Å²) in [5.41, 5.74) is 0. The fourth-order valence-corrected chi connectivity index (χ4v) is 1.85. The molecule has 0 amide bonds. The first-order valence-corrected chi connectivity index (χ1v) is 6.23. The van der Waals surface area contributed by atoms with Gasteiger partial charge in [0.1, 0.15) is 0 Å². The van der Waals surface area contributed by atoms with Gasteiger partial charge in [-0.3, -0.25) is 0 Å². The van der Waals surface area contributed by atoms with Gasteiger partial charge in [0, 0.05) is 17.8 Å². The van der Waals surface area contributed by atoms with Gasteiger partial charge in [-0.2, -0.15) is 0 Å². The lowest BCUT2D eigenvalue weighted by atomic mass is 10.2. The molecule has 0 saturated carbocycles. The molecule has 0 spiro atoms. The molecule has 1 aromatic heterocycles. The highest BCUT2D eigenvalue weighted by molar-refractivity contribution is 7.99. The Kier molecular flexibility index (Phi) is 5.11. The molecule has 1 rings (SSSR count). The maximum atomic E-state index is 8.75. The highest BCUT2D eigenvalue weighted by Gasteiger charge is 2.10. The van der Waals surface area contributed by atoms with Crippen molar-refractivity contribution in [3.63, 3.8) is 0 Å². The molecule has 0 aromatic carbocycles. The van der Waals surface area contributed by atoms with Gasteiger partial charge in [-0.1, -0.05) is 20.8 Å². The zero-order valence-corrected chi connectivity index (χ0v) is 10.3. The van der Waals surface area contributed by atoms with Gasteiger partial charge < -0.3 is 9.52 Å². The molecule has 0 fully saturated rings. The summed E-state index contributed by atoms with van der Waals surface area (Å²) in [4.78, 5) is 0. The number of aromatic nitrogens is 2. The molecule has 86 valence electrons. The zero-order chi connectivity index (χ0) is 11.3. The van der Waals surface area contributed by atoms with Gasteiger partial charge in [-0.25, -0.2) is 0 Å². The van der Waals surface area contributed by atoms with Gasteiger partial charge in [0.15, 0.2) is 0 Å². The van der Waals surface area contributed by atoms with Crippen LogP contribution in [0.15, 0.2) is 4.42 Å². The Morgan fingerprint density at radius 2 is 2.07 bits per heavy atom. The fraction of sp³-hybridized carbons (Fsp3) is 0.800. The molecule has 1 unspecified atom stereocenters. The average Bonchev–Trinajstić information content (AvgIpc) is 2.63. The SMILES string of the molecule is CC(CCO)SCc1nnc(C(C)C)o1. The van der Waals surface area contributed by atoms with Crippen LogP contribution >= 0.6 is 11.8 Å². The van der Waals surface area contributed by atoms with Crippen LogP contribution in [0.4, 0.5) is 0 Å². The van der Waals surface area contributed by atoms with Crippen molar-refractivity contribution < 1.29 is 9.52 Å². The molecule has 0 aliphatic carbocycles. The summed E-state index contributed by atoms with van der Waals surface area (Å²) in [7, 11) is 0. The highest BCUT2D eigenvalue weighted by atomic mass is 32.2. The van der Waals surface area contributed by atoms with Gasteiger partial charge in [-0.15, -0.1) is 22.0 Å². The first kappa shape index (κ1) is 12.5. The quantitative estimate of drug-likeness (QED) is 0.811.